The fourth-order valence-corrected chi connectivity index (χ4v) is 4.81. The number of hydrogen-bond acceptors (Lipinski definition) is 4. The molecule has 6 nitrogen and oxygen atoms in total. The van der Waals surface area contributed by atoms with Crippen molar-refractivity contribution in [1.29, 1.82) is 0 Å². The van der Waals surface area contributed by atoms with Crippen LogP contribution < -0.4 is 10.2 Å². The molecule has 0 radical (unpaired) electrons. The number of carbonyl (C=O) groups is 1. The van der Waals surface area contributed by atoms with E-state index in [1.807, 2.05) is 30.3 Å². The molecule has 0 bridgehead atoms. The van der Waals surface area contributed by atoms with Crippen LogP contribution in [0.15, 0.2) is 54.6 Å². The second-order valence-electron chi connectivity index (χ2n) is 7.04. The Morgan fingerprint density at radius 1 is 0.966 bits per heavy atom. The first-order valence-corrected chi connectivity index (χ1v) is 11.3. The fourth-order valence-electron chi connectivity index (χ4n) is 3.32. The number of halogens is 1. The van der Waals surface area contributed by atoms with Gasteiger partial charge in [-0.05, 0) is 36.2 Å². The van der Waals surface area contributed by atoms with Gasteiger partial charge in [-0.1, -0.05) is 30.3 Å². The number of benzene rings is 2. The van der Waals surface area contributed by atoms with Crippen LogP contribution >= 0.6 is 0 Å². The molecular weight excluding hydrogens is 393 g/mol. The zero-order valence-electron chi connectivity index (χ0n) is 16.3. The normalized spacial score (nSPS) is 15.3. The highest BCUT2D eigenvalue weighted by molar-refractivity contribution is 7.89. The number of sulfonamides is 1. The fraction of sp³-hybridized carbons (Fsp3) is 0.381. The van der Waals surface area contributed by atoms with Crippen LogP contribution in [-0.4, -0.2) is 57.1 Å². The summed E-state index contributed by atoms with van der Waals surface area (Å²) in [6, 6.07) is 15.7. The van der Waals surface area contributed by atoms with Crippen molar-refractivity contribution in [2.45, 2.75) is 12.8 Å². The predicted molar refractivity (Wildman–Crippen MR) is 112 cm³/mol. The third-order valence-corrected chi connectivity index (χ3v) is 6.89. The van der Waals surface area contributed by atoms with Crippen LogP contribution in [0.2, 0.25) is 0 Å². The Balaban J connectivity index is 1.38. The van der Waals surface area contributed by atoms with Crippen molar-refractivity contribution in [1.82, 2.24) is 9.62 Å². The predicted octanol–water partition coefficient (Wildman–Crippen LogP) is 2.03. The number of amides is 1. The van der Waals surface area contributed by atoms with Gasteiger partial charge in [0.15, 0.2) is 0 Å². The lowest BCUT2D eigenvalue weighted by atomic mass is 10.1. The minimum Gasteiger partial charge on any atom is -0.369 e. The molecule has 3 rings (SSSR count). The van der Waals surface area contributed by atoms with Gasteiger partial charge in [-0.2, -0.15) is 4.31 Å². The Morgan fingerprint density at radius 2 is 1.62 bits per heavy atom. The molecule has 156 valence electrons. The van der Waals surface area contributed by atoms with Crippen molar-refractivity contribution in [3.63, 3.8) is 0 Å². The van der Waals surface area contributed by atoms with Crippen molar-refractivity contribution >= 4 is 21.6 Å². The highest BCUT2D eigenvalue weighted by Crippen LogP contribution is 2.17. The number of piperazine rings is 1. The van der Waals surface area contributed by atoms with E-state index in [2.05, 4.69) is 10.2 Å². The van der Waals surface area contributed by atoms with Gasteiger partial charge < -0.3 is 10.2 Å². The van der Waals surface area contributed by atoms with E-state index in [0.29, 0.717) is 44.7 Å². The van der Waals surface area contributed by atoms with E-state index in [1.54, 1.807) is 12.1 Å². The maximum absolute atomic E-state index is 12.9. The van der Waals surface area contributed by atoms with E-state index in [1.165, 1.54) is 16.4 Å². The molecule has 0 unspecified atom stereocenters. The van der Waals surface area contributed by atoms with Gasteiger partial charge in [-0.3, -0.25) is 4.79 Å². The van der Waals surface area contributed by atoms with Crippen molar-refractivity contribution in [2.75, 3.05) is 43.4 Å². The van der Waals surface area contributed by atoms with Crippen LogP contribution in [0.1, 0.15) is 12.0 Å². The zero-order valence-corrected chi connectivity index (χ0v) is 17.1. The molecule has 1 aliphatic rings. The van der Waals surface area contributed by atoms with E-state index in [-0.39, 0.29) is 23.9 Å². The minimum atomic E-state index is -3.34. The summed E-state index contributed by atoms with van der Waals surface area (Å²) in [7, 11) is -3.34. The highest BCUT2D eigenvalue weighted by atomic mass is 32.2. The number of nitrogens with zero attached hydrogens (tertiary/aromatic N) is 2. The van der Waals surface area contributed by atoms with Gasteiger partial charge in [0.25, 0.3) is 0 Å². The summed E-state index contributed by atoms with van der Waals surface area (Å²) in [4.78, 5) is 14.1. The van der Waals surface area contributed by atoms with Crippen molar-refractivity contribution < 1.29 is 17.6 Å². The third kappa shape index (κ3) is 6.27. The van der Waals surface area contributed by atoms with Gasteiger partial charge in [0.05, 0.1) is 12.2 Å². The van der Waals surface area contributed by atoms with Crippen LogP contribution in [0, 0.1) is 5.82 Å². The van der Waals surface area contributed by atoms with Crippen molar-refractivity contribution in [3.05, 3.63) is 66.0 Å². The van der Waals surface area contributed by atoms with E-state index in [0.717, 1.165) is 5.69 Å². The average molecular weight is 420 g/mol. The largest absolute Gasteiger partial charge is 0.369 e. The molecule has 2 aromatic carbocycles. The topological polar surface area (TPSA) is 69.7 Å². The van der Waals surface area contributed by atoms with Gasteiger partial charge in [0, 0.05) is 38.4 Å². The van der Waals surface area contributed by atoms with Gasteiger partial charge in [-0.15, -0.1) is 0 Å². The molecule has 8 heteroatoms. The lowest BCUT2D eigenvalue weighted by Crippen LogP contribution is -2.49. The second-order valence-corrected chi connectivity index (χ2v) is 9.13. The molecule has 2 aromatic rings. The van der Waals surface area contributed by atoms with Crippen LogP contribution in [0.4, 0.5) is 10.1 Å². The Kier molecular flexibility index (Phi) is 7.22. The molecule has 0 aromatic heterocycles. The first-order valence-electron chi connectivity index (χ1n) is 9.73. The maximum Gasteiger partial charge on any atom is 0.224 e. The number of para-hydroxylation sites is 1. The lowest BCUT2D eigenvalue weighted by Gasteiger charge is -2.35. The maximum atomic E-state index is 12.9. The average Bonchev–Trinajstić information content (AvgIpc) is 2.74. The first-order chi connectivity index (χ1) is 13.9. The molecule has 1 N–H and O–H groups in total. The molecule has 1 fully saturated rings. The van der Waals surface area contributed by atoms with E-state index >= 15 is 0 Å². The Hall–Kier alpha value is -2.45. The molecule has 0 aliphatic carbocycles. The van der Waals surface area contributed by atoms with Gasteiger partial charge in [0.1, 0.15) is 5.82 Å². The summed E-state index contributed by atoms with van der Waals surface area (Å²) in [5.41, 5.74) is 1.82. The number of nitrogens with one attached hydrogen (secondary N) is 1. The molecule has 1 amide bonds. The number of hydrogen-bond donors (Lipinski definition) is 1. The Bertz CT molecular complexity index is 897. The van der Waals surface area contributed by atoms with Crippen LogP contribution in [0.5, 0.6) is 0 Å². The van der Waals surface area contributed by atoms with Gasteiger partial charge in [-0.25, -0.2) is 12.8 Å². The smallest absolute Gasteiger partial charge is 0.224 e. The van der Waals surface area contributed by atoms with Crippen LogP contribution in [0.3, 0.4) is 0 Å². The molecule has 0 saturated carbocycles. The van der Waals surface area contributed by atoms with E-state index in [4.69, 9.17) is 0 Å². The molecule has 0 spiro atoms. The standard InChI is InChI=1S/C21H26FN3O3S/c22-19-9-7-18(8-10-19)17-21(26)23-11-4-16-29(27,28)25-14-12-24(13-15-25)20-5-2-1-3-6-20/h1-3,5-10H,4,11-17H2,(H,23,26). The van der Waals surface area contributed by atoms with Crippen LogP contribution in [0.25, 0.3) is 0 Å². The third-order valence-electron chi connectivity index (χ3n) is 4.93. The summed E-state index contributed by atoms with van der Waals surface area (Å²) in [6.45, 7) is 2.56. The molecule has 1 saturated heterocycles. The SMILES string of the molecule is O=C(Cc1ccc(F)cc1)NCCCS(=O)(=O)N1CCN(c2ccccc2)CC1. The first kappa shape index (κ1) is 21.3. The second kappa shape index (κ2) is 9.84. The molecular formula is C21H26FN3O3S. The van der Waals surface area contributed by atoms with Crippen molar-refractivity contribution in [2.24, 2.45) is 0 Å². The summed E-state index contributed by atoms with van der Waals surface area (Å²) in [6.07, 6.45) is 0.505. The lowest BCUT2D eigenvalue weighted by molar-refractivity contribution is -0.120. The monoisotopic (exact) mass is 419 g/mol. The zero-order chi connectivity index (χ0) is 20.7. The molecule has 0 atom stereocenters. The Labute approximate surface area is 171 Å². The summed E-state index contributed by atoms with van der Waals surface area (Å²) in [5.74, 6) is -0.538. The quantitative estimate of drug-likeness (QED) is 0.665. The number of carbonyl (C=O) groups excluding carboxylic acids is 1. The summed E-state index contributed by atoms with van der Waals surface area (Å²) < 4.78 is 39.5. The summed E-state index contributed by atoms with van der Waals surface area (Å²) in [5, 5.41) is 2.73. The van der Waals surface area contributed by atoms with Crippen LogP contribution in [-0.2, 0) is 21.2 Å². The highest BCUT2D eigenvalue weighted by Gasteiger charge is 2.26. The van der Waals surface area contributed by atoms with E-state index in [9.17, 15) is 17.6 Å². The van der Waals surface area contributed by atoms with Gasteiger partial charge >= 0.3 is 0 Å². The number of rotatable bonds is 8. The molecule has 29 heavy (non-hydrogen) atoms. The summed E-state index contributed by atoms with van der Waals surface area (Å²) >= 11 is 0. The molecule has 1 aliphatic heterocycles. The van der Waals surface area contributed by atoms with E-state index < -0.39 is 10.0 Å². The number of anilines is 1. The minimum absolute atomic E-state index is 0.00909. The Morgan fingerprint density at radius 3 is 2.28 bits per heavy atom. The molecule has 1 heterocycles. The van der Waals surface area contributed by atoms with Gasteiger partial charge in [0.2, 0.25) is 15.9 Å². The van der Waals surface area contributed by atoms with Crippen molar-refractivity contribution in [3.8, 4) is 0 Å².